The minimum atomic E-state index is 0. The number of halogens is 1. The van der Waals surface area contributed by atoms with Gasteiger partial charge in [-0.2, -0.15) is 0 Å². The molecule has 0 spiro atoms. The molecule has 0 fully saturated rings. The van der Waals surface area contributed by atoms with Crippen molar-refractivity contribution in [1.82, 2.24) is 0 Å². The Bertz CT molecular complexity index is 735. The van der Waals surface area contributed by atoms with Crippen LogP contribution in [0.1, 0.15) is 41.1 Å². The Kier molecular flexibility index (Phi) is 6.65. The van der Waals surface area contributed by atoms with E-state index in [-0.39, 0.29) is 24.4 Å². The average Bonchev–Trinajstić information content (AvgIpc) is 2.63. The first-order valence-corrected chi connectivity index (χ1v) is 8.19. The van der Waals surface area contributed by atoms with Gasteiger partial charge in [-0.25, -0.2) is 4.36 Å². The number of hydrogen-bond acceptors (Lipinski definition) is 2. The van der Waals surface area contributed by atoms with E-state index < -0.39 is 0 Å². The van der Waals surface area contributed by atoms with Crippen molar-refractivity contribution >= 4 is 24.8 Å². The Morgan fingerprint density at radius 3 is 1.54 bits per heavy atom. The lowest BCUT2D eigenvalue weighted by atomic mass is 9.82. The van der Waals surface area contributed by atoms with Crippen LogP contribution in [0.5, 0.6) is 0 Å². The van der Waals surface area contributed by atoms with E-state index in [2.05, 4.69) is 96.2 Å². The van der Waals surface area contributed by atoms with E-state index >= 15 is 0 Å². The van der Waals surface area contributed by atoms with Crippen LogP contribution >= 0.6 is 12.4 Å². The summed E-state index contributed by atoms with van der Waals surface area (Å²) in [4.78, 5) is 0. The Labute approximate surface area is 155 Å². The van der Waals surface area contributed by atoms with Crippen molar-refractivity contribution in [3.8, 4) is 0 Å². The van der Waals surface area contributed by atoms with Crippen LogP contribution in [-0.4, -0.2) is 0 Å². The van der Waals surface area contributed by atoms with Crippen LogP contribution in [-0.2, 0) is 12.4 Å². The molecule has 0 heterocycles. The van der Waals surface area contributed by atoms with Crippen LogP contribution in [0.4, 0.5) is 0 Å². The summed E-state index contributed by atoms with van der Waals surface area (Å²) in [6.07, 6.45) is 0. The average molecular weight is 354 g/mol. The van der Waals surface area contributed by atoms with Gasteiger partial charge in [0.15, 0.2) is 0 Å². The Morgan fingerprint density at radius 1 is 0.667 bits per heavy atom. The lowest BCUT2D eigenvalue weighted by molar-refractivity contribution is 0.805. The molecule has 0 amide bonds. The highest BCUT2D eigenvalue weighted by Gasteiger charge is 2.21. The summed E-state index contributed by atoms with van der Waals surface area (Å²) in [5.41, 5.74) is 5.02. The molecule has 0 aromatic heterocycles. The van der Waals surface area contributed by atoms with Crippen LogP contribution in [0.3, 0.4) is 0 Å². The highest BCUT2D eigenvalue weighted by molar-refractivity contribution is 7.47. The predicted molar refractivity (Wildman–Crippen MR) is 106 cm³/mol. The molecule has 3 aromatic carbocycles. The first-order valence-electron chi connectivity index (χ1n) is 7.82. The minimum Gasteiger partial charge on any atom is -0.212 e. The van der Waals surface area contributed by atoms with Gasteiger partial charge < -0.3 is 0 Å². The second kappa shape index (κ2) is 8.72. The zero-order chi connectivity index (χ0) is 16.1. The molecule has 1 unspecified atom stereocenters. The van der Waals surface area contributed by atoms with Crippen molar-refractivity contribution in [3.05, 3.63) is 107 Å². The molecule has 3 aromatic rings. The second-order valence-electron chi connectivity index (χ2n) is 5.66. The molecule has 0 bridgehead atoms. The minimum absolute atomic E-state index is 0. The molecule has 0 saturated carbocycles. The van der Waals surface area contributed by atoms with Gasteiger partial charge in [0, 0.05) is 18.3 Å². The third-order valence-electron chi connectivity index (χ3n) is 4.18. The third kappa shape index (κ3) is 3.89. The molecule has 24 heavy (non-hydrogen) atoms. The standard InChI is InChI=1S/C21H19NS.ClH/c1-16(22-23)19-14-8-9-15-20(19)21(17-10-4-2-5-11-17)18-12-6-3-7-13-18;/h2-16,21H,1H3;1H. The van der Waals surface area contributed by atoms with Crippen LogP contribution in [0.25, 0.3) is 0 Å². The first-order chi connectivity index (χ1) is 11.3. The van der Waals surface area contributed by atoms with Gasteiger partial charge in [0.25, 0.3) is 0 Å². The van der Waals surface area contributed by atoms with Gasteiger partial charge in [0.2, 0.25) is 0 Å². The quantitative estimate of drug-likeness (QED) is 0.506. The summed E-state index contributed by atoms with van der Waals surface area (Å²) in [5, 5.41) is 0. The lowest BCUT2D eigenvalue weighted by Crippen LogP contribution is -2.07. The normalized spacial score (nSPS) is 11.6. The third-order valence-corrected chi connectivity index (χ3v) is 4.50. The molecule has 1 atom stereocenters. The fraction of sp³-hybridized carbons (Fsp3) is 0.143. The molecule has 3 rings (SSSR count). The summed E-state index contributed by atoms with van der Waals surface area (Å²) in [6, 6.07) is 29.7. The van der Waals surface area contributed by atoms with Crippen molar-refractivity contribution in [3.63, 3.8) is 0 Å². The summed E-state index contributed by atoms with van der Waals surface area (Å²) >= 11 is 4.96. The second-order valence-corrected chi connectivity index (χ2v) is 5.88. The molecule has 0 N–H and O–H groups in total. The number of rotatable bonds is 5. The van der Waals surface area contributed by atoms with E-state index in [9.17, 15) is 0 Å². The lowest BCUT2D eigenvalue weighted by Gasteiger charge is -2.23. The van der Waals surface area contributed by atoms with Crippen LogP contribution in [0.15, 0.2) is 89.3 Å². The molecule has 0 aliphatic heterocycles. The van der Waals surface area contributed by atoms with Crippen molar-refractivity contribution < 1.29 is 0 Å². The van der Waals surface area contributed by atoms with Crippen molar-refractivity contribution in [1.29, 1.82) is 0 Å². The van der Waals surface area contributed by atoms with E-state index in [0.29, 0.717) is 0 Å². The maximum atomic E-state index is 4.96. The van der Waals surface area contributed by atoms with E-state index in [1.54, 1.807) is 0 Å². The SMILES string of the molecule is CC(N=S)c1ccccc1C(c1ccccc1)c1ccccc1.Cl. The van der Waals surface area contributed by atoms with E-state index in [1.165, 1.54) is 22.3 Å². The van der Waals surface area contributed by atoms with Crippen LogP contribution < -0.4 is 0 Å². The highest BCUT2D eigenvalue weighted by Crippen LogP contribution is 2.36. The van der Waals surface area contributed by atoms with Crippen molar-refractivity contribution in [2.75, 3.05) is 0 Å². The zero-order valence-corrected chi connectivity index (χ0v) is 15.1. The smallest absolute Gasteiger partial charge is 0.0855 e. The Morgan fingerprint density at radius 2 is 1.08 bits per heavy atom. The Hall–Kier alpha value is -2.03. The molecule has 122 valence electrons. The first kappa shape index (κ1) is 18.3. The molecule has 0 radical (unpaired) electrons. The maximum Gasteiger partial charge on any atom is 0.0855 e. The van der Waals surface area contributed by atoms with Crippen molar-refractivity contribution in [2.45, 2.75) is 18.9 Å². The number of nitrogens with zero attached hydrogens (tertiary/aromatic N) is 1. The van der Waals surface area contributed by atoms with Gasteiger partial charge in [-0.3, -0.25) is 0 Å². The van der Waals surface area contributed by atoms with Crippen molar-refractivity contribution in [2.24, 2.45) is 4.36 Å². The highest BCUT2D eigenvalue weighted by atomic mass is 35.5. The molecule has 0 aliphatic rings. The predicted octanol–water partition coefficient (Wildman–Crippen LogP) is 6.08. The van der Waals surface area contributed by atoms with E-state index in [4.69, 9.17) is 12.4 Å². The van der Waals surface area contributed by atoms with Gasteiger partial charge in [0.1, 0.15) is 0 Å². The van der Waals surface area contributed by atoms with Gasteiger partial charge in [-0.05, 0) is 29.2 Å². The number of hydrogen-bond donors (Lipinski definition) is 0. The molecule has 1 nitrogen and oxygen atoms in total. The molecule has 3 heteroatoms. The maximum absolute atomic E-state index is 4.96. The van der Waals surface area contributed by atoms with Gasteiger partial charge in [0.05, 0.1) is 6.04 Å². The van der Waals surface area contributed by atoms with Gasteiger partial charge >= 0.3 is 0 Å². The Balaban J connectivity index is 0.00000208. The summed E-state index contributed by atoms with van der Waals surface area (Å²) in [7, 11) is 0. The van der Waals surface area contributed by atoms with E-state index in [0.717, 1.165) is 0 Å². The topological polar surface area (TPSA) is 12.4 Å². The fourth-order valence-corrected chi connectivity index (χ4v) is 3.17. The van der Waals surface area contributed by atoms with Crippen LogP contribution in [0.2, 0.25) is 0 Å². The van der Waals surface area contributed by atoms with Gasteiger partial charge in [-0.1, -0.05) is 84.9 Å². The van der Waals surface area contributed by atoms with Gasteiger partial charge in [-0.15, -0.1) is 12.4 Å². The zero-order valence-electron chi connectivity index (χ0n) is 13.5. The largest absolute Gasteiger partial charge is 0.212 e. The summed E-state index contributed by atoms with van der Waals surface area (Å²) in [6.45, 7) is 2.05. The molecular formula is C21H20ClNS. The molecule has 0 aliphatic carbocycles. The molecule has 0 saturated heterocycles. The van der Waals surface area contributed by atoms with E-state index in [1.807, 2.05) is 0 Å². The molecular weight excluding hydrogens is 334 g/mol. The fourth-order valence-electron chi connectivity index (χ4n) is 3.05. The number of benzene rings is 3. The monoisotopic (exact) mass is 353 g/mol. The summed E-state index contributed by atoms with van der Waals surface area (Å²) < 4.78 is 4.07. The van der Waals surface area contributed by atoms with Crippen LogP contribution in [0, 0.1) is 0 Å². The summed E-state index contributed by atoms with van der Waals surface area (Å²) in [5.74, 6) is 0.188.